The van der Waals surface area contributed by atoms with Crippen molar-refractivity contribution in [3.63, 3.8) is 0 Å². The second-order valence-electron chi connectivity index (χ2n) is 5.61. The van der Waals surface area contributed by atoms with Gasteiger partial charge in [0, 0.05) is 0 Å². The van der Waals surface area contributed by atoms with Crippen molar-refractivity contribution >= 4 is 22.6 Å². The van der Waals surface area contributed by atoms with Crippen molar-refractivity contribution in [3.8, 4) is 11.5 Å². The van der Waals surface area contributed by atoms with E-state index in [1.54, 1.807) is 0 Å². The molecule has 142 valence electrons. The van der Waals surface area contributed by atoms with Crippen molar-refractivity contribution in [1.82, 2.24) is 0 Å². The Morgan fingerprint density at radius 1 is 0.808 bits per heavy atom. The molecule has 0 spiro atoms. The van der Waals surface area contributed by atoms with Gasteiger partial charge in [-0.25, -0.2) is 0 Å². The quantitative estimate of drug-likeness (QED) is 0.430. The number of rotatable bonds is 3. The first-order chi connectivity index (χ1) is 11.9. The molecule has 0 saturated carbocycles. The van der Waals surface area contributed by atoms with E-state index in [2.05, 4.69) is 0 Å². The predicted molar refractivity (Wildman–Crippen MR) is 91.2 cm³/mol. The Kier molecular flexibility index (Phi) is 5.42. The smallest absolute Gasteiger partial charge is 0.411 e. The first-order valence-corrected chi connectivity index (χ1v) is 8.39. The van der Waals surface area contributed by atoms with Crippen LogP contribution in [-0.4, -0.2) is 22.6 Å². The Morgan fingerprint density at radius 3 is 1.69 bits per heavy atom. The minimum Gasteiger partial charge on any atom is -0.508 e. The maximum atomic E-state index is 14.0. The number of aromatic hydroxyl groups is 2. The number of phenols is 2. The van der Waals surface area contributed by atoms with Crippen molar-refractivity contribution in [2.75, 3.05) is 0 Å². The summed E-state index contributed by atoms with van der Waals surface area (Å²) in [5.74, 6) is -0.803. The van der Waals surface area contributed by atoms with E-state index >= 15 is 0 Å². The molecule has 0 aliphatic rings. The first kappa shape index (κ1) is 20.7. The van der Waals surface area contributed by atoms with E-state index in [0.29, 0.717) is 18.2 Å². The molecule has 0 aliphatic carbocycles. The van der Waals surface area contributed by atoms with Crippen LogP contribution in [0.2, 0.25) is 0 Å². The van der Waals surface area contributed by atoms with Gasteiger partial charge in [-0.3, -0.25) is 0 Å². The third-order valence-electron chi connectivity index (χ3n) is 4.12. The molecule has 0 bridgehead atoms. The van der Waals surface area contributed by atoms with Gasteiger partial charge in [-0.05, 0) is 63.9 Å². The fourth-order valence-electron chi connectivity index (χ4n) is 2.82. The van der Waals surface area contributed by atoms with Crippen molar-refractivity contribution < 1.29 is 36.6 Å². The van der Waals surface area contributed by atoms with E-state index in [-0.39, 0.29) is 21.3 Å². The molecule has 0 unspecified atom stereocenters. The van der Waals surface area contributed by atoms with Gasteiger partial charge in [-0.15, -0.1) is 0 Å². The van der Waals surface area contributed by atoms with E-state index in [0.717, 1.165) is 18.2 Å². The van der Waals surface area contributed by atoms with E-state index < -0.39 is 34.6 Å². The Labute approximate surface area is 158 Å². The maximum absolute atomic E-state index is 14.0. The summed E-state index contributed by atoms with van der Waals surface area (Å²) in [6.45, 7) is 1.51. The standard InChI is InChI=1S/C17H13F6IO2/c1-2-9-7-10(3-5-13(9)25)15(16(18,19)20,17(21,22)23)11-4-6-14(26)12(24)8-11/h3-8,25-26H,2H2,1H3. The molecular formula is C17H13F6IO2. The van der Waals surface area contributed by atoms with Crippen LogP contribution in [0.3, 0.4) is 0 Å². The minimum absolute atomic E-state index is 0.0335. The van der Waals surface area contributed by atoms with Crippen LogP contribution in [0.5, 0.6) is 11.5 Å². The van der Waals surface area contributed by atoms with E-state index in [1.807, 2.05) is 0 Å². The lowest BCUT2D eigenvalue weighted by Gasteiger charge is -2.38. The molecule has 2 N–H and O–H groups in total. The highest BCUT2D eigenvalue weighted by Gasteiger charge is 2.72. The van der Waals surface area contributed by atoms with Crippen LogP contribution in [0.25, 0.3) is 0 Å². The van der Waals surface area contributed by atoms with Crippen LogP contribution in [0.4, 0.5) is 26.3 Å². The summed E-state index contributed by atoms with van der Waals surface area (Å²) < 4.78 is 83.6. The average molecular weight is 490 g/mol. The van der Waals surface area contributed by atoms with Gasteiger partial charge in [0.1, 0.15) is 11.5 Å². The fraction of sp³-hybridized carbons (Fsp3) is 0.294. The molecule has 2 rings (SSSR count). The number of alkyl halides is 6. The number of hydrogen-bond donors (Lipinski definition) is 2. The summed E-state index contributed by atoms with van der Waals surface area (Å²) in [4.78, 5) is 0. The highest BCUT2D eigenvalue weighted by Crippen LogP contribution is 2.56. The van der Waals surface area contributed by atoms with Gasteiger partial charge >= 0.3 is 12.4 Å². The summed E-state index contributed by atoms with van der Waals surface area (Å²) in [6, 6.07) is 4.23. The van der Waals surface area contributed by atoms with Gasteiger partial charge in [-0.2, -0.15) is 26.3 Å². The SMILES string of the molecule is CCc1cc(C(c2ccc(O)c(I)c2)(C(F)(F)F)C(F)(F)F)ccc1O. The highest BCUT2D eigenvalue weighted by molar-refractivity contribution is 14.1. The zero-order chi connectivity index (χ0) is 19.9. The lowest BCUT2D eigenvalue weighted by atomic mass is 9.72. The van der Waals surface area contributed by atoms with Crippen LogP contribution < -0.4 is 0 Å². The van der Waals surface area contributed by atoms with E-state index in [4.69, 9.17) is 0 Å². The van der Waals surface area contributed by atoms with Gasteiger partial charge in [0.15, 0.2) is 0 Å². The van der Waals surface area contributed by atoms with Crippen molar-refractivity contribution in [2.45, 2.75) is 31.1 Å². The van der Waals surface area contributed by atoms with Crippen molar-refractivity contribution in [2.24, 2.45) is 0 Å². The fourth-order valence-corrected chi connectivity index (χ4v) is 3.34. The van der Waals surface area contributed by atoms with Crippen LogP contribution in [-0.2, 0) is 11.8 Å². The topological polar surface area (TPSA) is 40.5 Å². The van der Waals surface area contributed by atoms with Crippen LogP contribution in [0, 0.1) is 3.57 Å². The monoisotopic (exact) mass is 490 g/mol. The molecule has 0 saturated heterocycles. The largest absolute Gasteiger partial charge is 0.508 e. The molecule has 26 heavy (non-hydrogen) atoms. The molecule has 0 aliphatic heterocycles. The average Bonchev–Trinajstić information content (AvgIpc) is 2.50. The molecule has 2 nitrogen and oxygen atoms in total. The summed E-state index contributed by atoms with van der Waals surface area (Å²) >= 11 is 1.46. The van der Waals surface area contributed by atoms with E-state index in [9.17, 15) is 36.6 Å². The van der Waals surface area contributed by atoms with Crippen molar-refractivity contribution in [1.29, 1.82) is 0 Å². The van der Waals surface area contributed by atoms with Crippen molar-refractivity contribution in [3.05, 3.63) is 56.7 Å². The molecule has 2 aromatic rings. The predicted octanol–water partition coefficient (Wildman–Crippen LogP) is 5.68. The zero-order valence-corrected chi connectivity index (χ0v) is 15.4. The lowest BCUT2D eigenvalue weighted by Crippen LogP contribution is -2.54. The molecule has 0 amide bonds. The normalized spacial score (nSPS) is 13.1. The molecule has 0 heterocycles. The molecular weight excluding hydrogens is 477 g/mol. The van der Waals surface area contributed by atoms with Gasteiger partial charge in [-0.1, -0.05) is 25.1 Å². The Hall–Kier alpha value is -1.65. The number of aryl methyl sites for hydroxylation is 1. The third kappa shape index (κ3) is 3.21. The molecule has 0 radical (unpaired) electrons. The maximum Gasteiger partial charge on any atom is 0.411 e. The van der Waals surface area contributed by atoms with Gasteiger partial charge in [0.25, 0.3) is 0 Å². The van der Waals surface area contributed by atoms with Crippen LogP contribution >= 0.6 is 22.6 Å². The van der Waals surface area contributed by atoms with Gasteiger partial charge in [0.05, 0.1) is 3.57 Å². The summed E-state index contributed by atoms with van der Waals surface area (Å²) in [5.41, 5.74) is -6.44. The second kappa shape index (κ2) is 6.82. The van der Waals surface area contributed by atoms with Crippen LogP contribution in [0.1, 0.15) is 23.6 Å². The Bertz CT molecular complexity index is 800. The number of hydrogen-bond acceptors (Lipinski definition) is 2. The molecule has 0 fully saturated rings. The van der Waals surface area contributed by atoms with Crippen LogP contribution in [0.15, 0.2) is 36.4 Å². The first-order valence-electron chi connectivity index (χ1n) is 7.31. The number of halogens is 7. The number of benzene rings is 2. The van der Waals surface area contributed by atoms with Gasteiger partial charge < -0.3 is 10.2 Å². The number of phenolic OH excluding ortho intramolecular Hbond substituents is 2. The van der Waals surface area contributed by atoms with Gasteiger partial charge in [0.2, 0.25) is 5.41 Å². The molecule has 0 aromatic heterocycles. The molecule has 9 heteroatoms. The highest BCUT2D eigenvalue weighted by atomic mass is 127. The third-order valence-corrected chi connectivity index (χ3v) is 4.99. The lowest BCUT2D eigenvalue weighted by molar-refractivity contribution is -0.288. The van der Waals surface area contributed by atoms with E-state index in [1.165, 1.54) is 29.5 Å². The second-order valence-corrected chi connectivity index (χ2v) is 6.77. The zero-order valence-electron chi connectivity index (χ0n) is 13.2. The Balaban J connectivity index is 2.96. The molecule has 2 aromatic carbocycles. The molecule has 0 atom stereocenters. The summed E-state index contributed by atoms with van der Waals surface area (Å²) in [7, 11) is 0. The Morgan fingerprint density at radius 2 is 1.27 bits per heavy atom. The minimum atomic E-state index is -5.71. The summed E-state index contributed by atoms with van der Waals surface area (Å²) in [6.07, 6.45) is -11.4. The summed E-state index contributed by atoms with van der Waals surface area (Å²) in [5, 5.41) is 19.2.